The molecule has 0 radical (unpaired) electrons. The van der Waals surface area contributed by atoms with E-state index < -0.39 is 40.4 Å². The van der Waals surface area contributed by atoms with Crippen LogP contribution in [0.5, 0.6) is 0 Å². The van der Waals surface area contributed by atoms with Crippen molar-refractivity contribution in [2.45, 2.75) is 50.5 Å². The maximum absolute atomic E-state index is 13.9. The van der Waals surface area contributed by atoms with Crippen LogP contribution in [0.2, 0.25) is 10.0 Å². The van der Waals surface area contributed by atoms with E-state index in [4.69, 9.17) is 23.2 Å². The molecule has 1 saturated heterocycles. The maximum atomic E-state index is 13.9. The molecule has 13 heteroatoms. The molecule has 1 atom stereocenters. The van der Waals surface area contributed by atoms with Gasteiger partial charge in [0.2, 0.25) is 5.91 Å². The summed E-state index contributed by atoms with van der Waals surface area (Å²) in [6.07, 6.45) is -7.18. The van der Waals surface area contributed by atoms with Crippen molar-refractivity contribution in [1.82, 2.24) is 4.98 Å². The standard InChI is InChI=1S/C29H27Cl2F6N3O2/c1-27(2,16-9-17(28(32,33)34)11-18(10-16)29(35,36)37)26(42)39(3)24-14-38-25(40-8-4-5-20(40)15-41)13-22(24)21-12-19(30)6-7-23(21)31/h6-7,9-14,20,41H,4-5,8,15H2,1-3H3/t20-/m0/s1. The first-order valence-corrected chi connectivity index (χ1v) is 13.6. The van der Waals surface area contributed by atoms with Crippen LogP contribution in [0.15, 0.2) is 48.7 Å². The van der Waals surface area contributed by atoms with Crippen LogP contribution in [0.1, 0.15) is 43.4 Å². The van der Waals surface area contributed by atoms with Gasteiger partial charge in [-0.3, -0.25) is 4.79 Å². The van der Waals surface area contributed by atoms with Crippen molar-refractivity contribution in [2.75, 3.05) is 30.0 Å². The lowest BCUT2D eigenvalue weighted by Gasteiger charge is -2.32. The van der Waals surface area contributed by atoms with Gasteiger partial charge < -0.3 is 14.9 Å². The number of anilines is 2. The second-order valence-electron chi connectivity index (χ2n) is 10.6. The van der Waals surface area contributed by atoms with Gasteiger partial charge in [-0.2, -0.15) is 26.3 Å². The fourth-order valence-electron chi connectivity index (χ4n) is 5.08. The van der Waals surface area contributed by atoms with Crippen LogP contribution in [0.25, 0.3) is 11.1 Å². The number of amides is 1. The van der Waals surface area contributed by atoms with Gasteiger partial charge in [0.1, 0.15) is 5.82 Å². The average Bonchev–Trinajstić information content (AvgIpc) is 3.41. The van der Waals surface area contributed by atoms with Crippen LogP contribution < -0.4 is 9.80 Å². The van der Waals surface area contributed by atoms with Crippen LogP contribution >= 0.6 is 23.2 Å². The van der Waals surface area contributed by atoms with Crippen molar-refractivity contribution >= 4 is 40.6 Å². The summed E-state index contributed by atoms with van der Waals surface area (Å²) in [6, 6.07) is 7.33. The SMILES string of the molecule is CN(C(=O)C(C)(C)c1cc(C(F)(F)F)cc(C(F)(F)F)c1)c1cnc(N2CCC[C@H]2CO)cc1-c1cc(Cl)ccc1Cl. The van der Waals surface area contributed by atoms with Crippen molar-refractivity contribution < 1.29 is 36.2 Å². The third kappa shape index (κ3) is 6.33. The van der Waals surface area contributed by atoms with E-state index >= 15 is 0 Å². The Morgan fingerprint density at radius 1 is 0.976 bits per heavy atom. The van der Waals surface area contributed by atoms with Gasteiger partial charge in [-0.05, 0) is 74.7 Å². The number of benzene rings is 2. The Kier molecular flexibility index (Phi) is 8.79. The zero-order valence-electron chi connectivity index (χ0n) is 22.7. The number of pyridine rings is 1. The summed E-state index contributed by atoms with van der Waals surface area (Å²) in [4.78, 5) is 21.4. The molecular formula is C29H27Cl2F6N3O2. The summed E-state index contributed by atoms with van der Waals surface area (Å²) in [6.45, 7) is 3.04. The molecule has 4 rings (SSSR count). The lowest BCUT2D eigenvalue weighted by atomic mass is 9.81. The molecule has 0 spiro atoms. The van der Waals surface area contributed by atoms with Gasteiger partial charge in [-0.25, -0.2) is 4.98 Å². The highest BCUT2D eigenvalue weighted by molar-refractivity contribution is 6.35. The molecule has 1 aromatic heterocycles. The minimum Gasteiger partial charge on any atom is -0.394 e. The lowest BCUT2D eigenvalue weighted by molar-refractivity contribution is -0.143. The summed E-state index contributed by atoms with van der Waals surface area (Å²) in [7, 11) is 1.35. The molecule has 0 saturated carbocycles. The number of nitrogens with zero attached hydrogens (tertiary/aromatic N) is 3. The molecule has 226 valence electrons. The third-order valence-corrected chi connectivity index (χ3v) is 8.04. The summed E-state index contributed by atoms with van der Waals surface area (Å²) in [5, 5.41) is 10.4. The summed E-state index contributed by atoms with van der Waals surface area (Å²) >= 11 is 12.8. The zero-order chi connectivity index (χ0) is 31.2. The highest BCUT2D eigenvalue weighted by Gasteiger charge is 2.41. The van der Waals surface area contributed by atoms with Crippen molar-refractivity contribution in [3.63, 3.8) is 0 Å². The monoisotopic (exact) mass is 633 g/mol. The Hall–Kier alpha value is -3.02. The van der Waals surface area contributed by atoms with E-state index in [1.165, 1.54) is 27.1 Å². The Balaban J connectivity index is 1.84. The van der Waals surface area contributed by atoms with Gasteiger partial charge in [0, 0.05) is 34.8 Å². The minimum atomic E-state index is -5.07. The van der Waals surface area contributed by atoms with Crippen LogP contribution in [-0.4, -0.2) is 42.2 Å². The highest BCUT2D eigenvalue weighted by Crippen LogP contribution is 2.42. The lowest BCUT2D eigenvalue weighted by Crippen LogP contribution is -2.42. The number of rotatable bonds is 6. The van der Waals surface area contributed by atoms with E-state index in [-0.39, 0.29) is 29.4 Å². The van der Waals surface area contributed by atoms with Gasteiger partial charge in [0.25, 0.3) is 0 Å². The molecule has 1 amide bonds. The maximum Gasteiger partial charge on any atom is 0.416 e. The molecule has 3 aromatic rings. The van der Waals surface area contributed by atoms with Gasteiger partial charge in [0.15, 0.2) is 0 Å². The average molecular weight is 634 g/mol. The van der Waals surface area contributed by atoms with E-state index in [1.54, 1.807) is 24.3 Å². The number of aromatic nitrogens is 1. The molecule has 0 bridgehead atoms. The minimum absolute atomic E-state index is 0.0215. The molecule has 0 unspecified atom stereocenters. The van der Waals surface area contributed by atoms with Crippen molar-refractivity contribution in [2.24, 2.45) is 0 Å². The van der Waals surface area contributed by atoms with Gasteiger partial charge in [-0.15, -0.1) is 0 Å². The van der Waals surface area contributed by atoms with Crippen LogP contribution in [0, 0.1) is 0 Å². The highest BCUT2D eigenvalue weighted by atomic mass is 35.5. The van der Waals surface area contributed by atoms with Crippen LogP contribution in [0.3, 0.4) is 0 Å². The molecule has 2 aromatic carbocycles. The Bertz CT molecular complexity index is 1460. The quantitative estimate of drug-likeness (QED) is 0.280. The number of aliphatic hydroxyl groups excluding tert-OH is 1. The van der Waals surface area contributed by atoms with E-state index in [2.05, 4.69) is 4.98 Å². The smallest absolute Gasteiger partial charge is 0.394 e. The second-order valence-corrected chi connectivity index (χ2v) is 11.5. The predicted molar refractivity (Wildman–Crippen MR) is 150 cm³/mol. The number of hydrogen-bond acceptors (Lipinski definition) is 4. The number of alkyl halides is 6. The molecule has 42 heavy (non-hydrogen) atoms. The van der Waals surface area contributed by atoms with Crippen molar-refractivity contribution in [3.05, 3.63) is 75.4 Å². The Morgan fingerprint density at radius 2 is 1.57 bits per heavy atom. The van der Waals surface area contributed by atoms with Crippen LogP contribution in [0.4, 0.5) is 37.8 Å². The number of carbonyl (C=O) groups excluding carboxylic acids is 1. The number of likely N-dealkylation sites (N-methyl/N-ethyl adjacent to an activating group) is 1. The predicted octanol–water partition coefficient (Wildman–Crippen LogP) is 7.99. The molecule has 0 aliphatic carbocycles. The van der Waals surface area contributed by atoms with Crippen LogP contribution in [-0.2, 0) is 22.6 Å². The molecule has 2 heterocycles. The summed E-state index contributed by atoms with van der Waals surface area (Å²) in [5.74, 6) is -0.299. The molecule has 1 aliphatic heterocycles. The number of aliphatic hydroxyl groups is 1. The van der Waals surface area contributed by atoms with Crippen molar-refractivity contribution in [3.8, 4) is 11.1 Å². The van der Waals surface area contributed by atoms with E-state index in [1.807, 2.05) is 4.90 Å². The first kappa shape index (κ1) is 31.9. The van der Waals surface area contributed by atoms with Crippen molar-refractivity contribution in [1.29, 1.82) is 0 Å². The fraction of sp³-hybridized carbons (Fsp3) is 0.379. The van der Waals surface area contributed by atoms with Gasteiger partial charge in [-0.1, -0.05) is 23.2 Å². The van der Waals surface area contributed by atoms with E-state index in [0.29, 0.717) is 40.6 Å². The first-order chi connectivity index (χ1) is 19.4. The molecular weight excluding hydrogens is 607 g/mol. The Morgan fingerprint density at radius 3 is 2.14 bits per heavy atom. The summed E-state index contributed by atoms with van der Waals surface area (Å²) in [5.41, 5.74) is -4.29. The topological polar surface area (TPSA) is 56.7 Å². The molecule has 1 fully saturated rings. The zero-order valence-corrected chi connectivity index (χ0v) is 24.3. The third-order valence-electron chi connectivity index (χ3n) is 7.48. The first-order valence-electron chi connectivity index (χ1n) is 12.9. The van der Waals surface area contributed by atoms with Gasteiger partial charge in [0.05, 0.1) is 41.1 Å². The van der Waals surface area contributed by atoms with E-state index in [9.17, 15) is 36.2 Å². The van der Waals surface area contributed by atoms with Gasteiger partial charge >= 0.3 is 12.4 Å². The van der Waals surface area contributed by atoms with E-state index in [0.717, 1.165) is 17.7 Å². The molecule has 1 aliphatic rings. The number of hydrogen-bond donors (Lipinski definition) is 1. The summed E-state index contributed by atoms with van der Waals surface area (Å²) < 4.78 is 81.4. The largest absolute Gasteiger partial charge is 0.416 e. The second kappa shape index (κ2) is 11.6. The molecule has 1 N–H and O–H groups in total. The number of halogens is 8. The number of carbonyl (C=O) groups is 1. The normalized spacial score (nSPS) is 16.2. The fourth-order valence-corrected chi connectivity index (χ4v) is 5.47. The Labute approximate surface area is 248 Å². The molecule has 5 nitrogen and oxygen atoms in total.